The van der Waals surface area contributed by atoms with Crippen LogP contribution in [0.2, 0.25) is 5.02 Å². The highest BCUT2D eigenvalue weighted by molar-refractivity contribution is 9.10. The van der Waals surface area contributed by atoms with Crippen molar-refractivity contribution >= 4 is 38.9 Å². The molecule has 30 heavy (non-hydrogen) atoms. The molecule has 2 aliphatic rings. The van der Waals surface area contributed by atoms with E-state index in [-0.39, 0.29) is 11.7 Å². The lowest BCUT2D eigenvalue weighted by Gasteiger charge is -2.38. The van der Waals surface area contributed by atoms with Crippen LogP contribution >= 0.6 is 27.5 Å². The Kier molecular flexibility index (Phi) is 4.72. The fourth-order valence-corrected chi connectivity index (χ4v) is 4.39. The maximum atomic E-state index is 11.3. The van der Waals surface area contributed by atoms with Crippen LogP contribution in [0.25, 0.3) is 0 Å². The van der Waals surface area contributed by atoms with Crippen LogP contribution in [-0.2, 0) is 0 Å². The molecule has 0 saturated heterocycles. The first-order chi connectivity index (χ1) is 14.5. The average molecular weight is 485 g/mol. The van der Waals surface area contributed by atoms with Crippen LogP contribution < -0.4 is 4.74 Å². The quantitative estimate of drug-likeness (QED) is 0.325. The standard InChI is InChI=1S/C22H15BrClN3O3/c23-15-6-9-21-18(11-15)20-12-19(13-4-7-16(24)8-5-13)25-26(20)22(30-21)14-2-1-3-17(10-14)27(28)29/h1-11,20,22H,12H2/t20-,22+/m1/s1. The minimum Gasteiger partial charge on any atom is -0.464 e. The Labute approximate surface area is 186 Å². The predicted octanol–water partition coefficient (Wildman–Crippen LogP) is 6.25. The molecule has 0 fully saturated rings. The summed E-state index contributed by atoms with van der Waals surface area (Å²) in [4.78, 5) is 10.9. The molecule has 2 atom stereocenters. The maximum absolute atomic E-state index is 11.3. The van der Waals surface area contributed by atoms with Gasteiger partial charge in [-0.3, -0.25) is 10.1 Å². The van der Waals surface area contributed by atoms with Crippen molar-refractivity contribution in [1.29, 1.82) is 0 Å². The van der Waals surface area contributed by atoms with Gasteiger partial charge in [0.25, 0.3) is 5.69 Å². The Morgan fingerprint density at radius 1 is 1.13 bits per heavy atom. The molecule has 3 aromatic rings. The number of non-ortho nitro benzene ring substituents is 1. The highest BCUT2D eigenvalue weighted by Crippen LogP contribution is 2.48. The van der Waals surface area contributed by atoms with Gasteiger partial charge in [0.2, 0.25) is 6.23 Å². The van der Waals surface area contributed by atoms with Gasteiger partial charge in [0.05, 0.1) is 16.7 Å². The number of fused-ring (bicyclic) bond motifs is 3. The molecule has 0 N–H and O–H groups in total. The summed E-state index contributed by atoms with van der Waals surface area (Å²) in [5.74, 6) is 0.753. The number of halogens is 2. The summed E-state index contributed by atoms with van der Waals surface area (Å²) in [5, 5.41) is 18.7. The van der Waals surface area contributed by atoms with E-state index in [2.05, 4.69) is 15.9 Å². The zero-order chi connectivity index (χ0) is 20.8. The van der Waals surface area contributed by atoms with Gasteiger partial charge in [-0.15, -0.1) is 0 Å². The van der Waals surface area contributed by atoms with E-state index in [1.54, 1.807) is 12.1 Å². The molecule has 0 radical (unpaired) electrons. The van der Waals surface area contributed by atoms with Crippen molar-refractivity contribution < 1.29 is 9.66 Å². The SMILES string of the molecule is O=[N+]([O-])c1cccc([C@@H]2Oc3ccc(Br)cc3[C@H]3CC(c4ccc(Cl)cc4)=NN32)c1. The number of benzene rings is 3. The zero-order valence-electron chi connectivity index (χ0n) is 15.5. The second-order valence-electron chi connectivity index (χ2n) is 7.16. The molecule has 6 nitrogen and oxygen atoms in total. The number of ether oxygens (including phenoxy) is 1. The number of nitro benzene ring substituents is 1. The Morgan fingerprint density at radius 2 is 1.93 bits per heavy atom. The molecule has 2 heterocycles. The molecule has 0 saturated carbocycles. The third-order valence-corrected chi connectivity index (χ3v) is 6.04. The van der Waals surface area contributed by atoms with Crippen LogP contribution in [0, 0.1) is 10.1 Å². The molecule has 0 unspecified atom stereocenters. The molecule has 0 spiro atoms. The summed E-state index contributed by atoms with van der Waals surface area (Å²) < 4.78 is 7.24. The summed E-state index contributed by atoms with van der Waals surface area (Å²) in [6.45, 7) is 0. The average Bonchev–Trinajstić information content (AvgIpc) is 3.19. The van der Waals surface area contributed by atoms with E-state index in [0.717, 1.165) is 27.1 Å². The molecular weight excluding hydrogens is 470 g/mol. The normalized spacial score (nSPS) is 19.5. The van der Waals surface area contributed by atoms with Crippen LogP contribution in [0.15, 0.2) is 76.3 Å². The minimum absolute atomic E-state index is 0.0235. The molecule has 0 bridgehead atoms. The van der Waals surface area contributed by atoms with Crippen molar-refractivity contribution in [2.45, 2.75) is 18.7 Å². The molecule has 0 aromatic heterocycles. The van der Waals surface area contributed by atoms with Crippen molar-refractivity contribution in [1.82, 2.24) is 5.01 Å². The van der Waals surface area contributed by atoms with Crippen LogP contribution in [0.5, 0.6) is 5.75 Å². The van der Waals surface area contributed by atoms with E-state index in [9.17, 15) is 10.1 Å². The van der Waals surface area contributed by atoms with Gasteiger partial charge >= 0.3 is 0 Å². The molecule has 150 valence electrons. The molecule has 5 rings (SSSR count). The molecule has 8 heteroatoms. The van der Waals surface area contributed by atoms with Gasteiger partial charge in [-0.1, -0.05) is 51.8 Å². The molecule has 2 aliphatic heterocycles. The monoisotopic (exact) mass is 483 g/mol. The Bertz CT molecular complexity index is 1180. The molecular formula is C22H15BrClN3O3. The largest absolute Gasteiger partial charge is 0.464 e. The van der Waals surface area contributed by atoms with Crippen LogP contribution in [0.1, 0.15) is 35.4 Å². The molecule has 0 aliphatic carbocycles. The lowest BCUT2D eigenvalue weighted by atomic mass is 9.96. The van der Waals surface area contributed by atoms with Gasteiger partial charge in [-0.2, -0.15) is 5.10 Å². The summed E-state index contributed by atoms with van der Waals surface area (Å²) in [7, 11) is 0. The van der Waals surface area contributed by atoms with Crippen molar-refractivity contribution in [3.05, 3.63) is 103 Å². The highest BCUT2D eigenvalue weighted by atomic mass is 79.9. The van der Waals surface area contributed by atoms with Gasteiger partial charge in [-0.25, -0.2) is 5.01 Å². The van der Waals surface area contributed by atoms with Crippen LogP contribution in [0.3, 0.4) is 0 Å². The van der Waals surface area contributed by atoms with E-state index >= 15 is 0 Å². The topological polar surface area (TPSA) is 68.0 Å². The number of hydrogen-bond donors (Lipinski definition) is 0. The number of nitrogens with zero attached hydrogens (tertiary/aromatic N) is 3. The van der Waals surface area contributed by atoms with E-state index in [4.69, 9.17) is 21.4 Å². The third kappa shape index (κ3) is 3.34. The summed E-state index contributed by atoms with van der Waals surface area (Å²) >= 11 is 9.58. The van der Waals surface area contributed by atoms with Crippen molar-refractivity contribution in [3.63, 3.8) is 0 Å². The zero-order valence-corrected chi connectivity index (χ0v) is 17.9. The van der Waals surface area contributed by atoms with Gasteiger partial charge < -0.3 is 4.74 Å². The van der Waals surface area contributed by atoms with E-state index < -0.39 is 11.2 Å². The molecule has 3 aromatic carbocycles. The van der Waals surface area contributed by atoms with Gasteiger partial charge in [0, 0.05) is 39.2 Å². The van der Waals surface area contributed by atoms with E-state index in [1.165, 1.54) is 6.07 Å². The van der Waals surface area contributed by atoms with Crippen molar-refractivity contribution in [2.24, 2.45) is 5.10 Å². The fraction of sp³-hybridized carbons (Fsp3) is 0.136. The lowest BCUT2D eigenvalue weighted by Crippen LogP contribution is -2.33. The summed E-state index contributed by atoms with van der Waals surface area (Å²) in [6, 6.07) is 19.9. The minimum atomic E-state index is -0.562. The van der Waals surface area contributed by atoms with Crippen LogP contribution in [0.4, 0.5) is 5.69 Å². The summed E-state index contributed by atoms with van der Waals surface area (Å²) in [5.41, 5.74) is 3.64. The van der Waals surface area contributed by atoms with Crippen molar-refractivity contribution in [2.75, 3.05) is 0 Å². The van der Waals surface area contributed by atoms with Gasteiger partial charge in [0.15, 0.2) is 0 Å². The van der Waals surface area contributed by atoms with Crippen LogP contribution in [-0.4, -0.2) is 15.6 Å². The smallest absolute Gasteiger partial charge is 0.269 e. The number of nitro groups is 1. The molecule has 0 amide bonds. The first kappa shape index (κ1) is 19.1. The van der Waals surface area contributed by atoms with Gasteiger partial charge in [0.1, 0.15) is 5.75 Å². The Morgan fingerprint density at radius 3 is 2.70 bits per heavy atom. The van der Waals surface area contributed by atoms with E-state index in [1.807, 2.05) is 53.5 Å². The Balaban J connectivity index is 1.60. The lowest BCUT2D eigenvalue weighted by molar-refractivity contribution is -0.385. The number of rotatable bonds is 3. The fourth-order valence-electron chi connectivity index (χ4n) is 3.89. The summed E-state index contributed by atoms with van der Waals surface area (Å²) in [6.07, 6.45) is 0.133. The first-order valence-electron chi connectivity index (χ1n) is 9.32. The Hall–Kier alpha value is -2.90. The predicted molar refractivity (Wildman–Crippen MR) is 118 cm³/mol. The maximum Gasteiger partial charge on any atom is 0.269 e. The second-order valence-corrected chi connectivity index (χ2v) is 8.51. The second kappa shape index (κ2) is 7.41. The van der Waals surface area contributed by atoms with Crippen molar-refractivity contribution in [3.8, 4) is 5.75 Å². The third-order valence-electron chi connectivity index (χ3n) is 5.30. The number of hydrazone groups is 1. The highest BCUT2D eigenvalue weighted by Gasteiger charge is 2.41. The first-order valence-corrected chi connectivity index (χ1v) is 10.5. The van der Waals surface area contributed by atoms with Gasteiger partial charge in [-0.05, 0) is 35.9 Å². The van der Waals surface area contributed by atoms with E-state index in [0.29, 0.717) is 17.0 Å². The number of hydrogen-bond acceptors (Lipinski definition) is 5.